The minimum atomic E-state index is -0.903. The first-order chi connectivity index (χ1) is 8.28. The fourth-order valence-corrected chi connectivity index (χ4v) is 1.27. The first kappa shape index (κ1) is 16.6. The van der Waals surface area contributed by atoms with Crippen molar-refractivity contribution in [2.45, 2.75) is 52.6 Å². The Kier molecular flexibility index (Phi) is 7.29. The van der Waals surface area contributed by atoms with E-state index >= 15 is 0 Å². The Morgan fingerprint density at radius 1 is 1.33 bits per heavy atom. The molecule has 0 aliphatic carbocycles. The number of carbonyl (C=O) groups is 1. The summed E-state index contributed by atoms with van der Waals surface area (Å²) in [5, 5.41) is 18.5. The molecule has 0 aromatic heterocycles. The van der Waals surface area contributed by atoms with Crippen LogP contribution in [0.25, 0.3) is 0 Å². The fraction of sp³-hybridized carbons (Fsp3) is 0.533. The molecule has 0 rings (SSSR count). The molecule has 3 heteroatoms. The average molecular weight is 252 g/mol. The minimum absolute atomic E-state index is 0.313. The number of carboxylic acids is 1. The van der Waals surface area contributed by atoms with Crippen molar-refractivity contribution < 1.29 is 15.0 Å². The topological polar surface area (TPSA) is 57.5 Å². The molecular formula is C15H24O3. The summed E-state index contributed by atoms with van der Waals surface area (Å²) in [5.74, 6) is -0.903. The van der Waals surface area contributed by atoms with Crippen molar-refractivity contribution in [3.63, 3.8) is 0 Å². The van der Waals surface area contributed by atoms with E-state index in [0.29, 0.717) is 5.57 Å². The SMILES string of the molecule is CC[C@](C)(O)CC/C=C(\C)C=C/C=C(\C)C(=O)O. The van der Waals surface area contributed by atoms with E-state index in [-0.39, 0.29) is 0 Å². The molecule has 2 N–H and O–H groups in total. The smallest absolute Gasteiger partial charge is 0.331 e. The molecule has 1 atom stereocenters. The molecule has 0 amide bonds. The highest BCUT2D eigenvalue weighted by molar-refractivity contribution is 5.86. The second-order valence-electron chi connectivity index (χ2n) is 4.85. The Bertz CT molecular complexity index is 360. The first-order valence-electron chi connectivity index (χ1n) is 6.26. The highest BCUT2D eigenvalue weighted by atomic mass is 16.4. The fourth-order valence-electron chi connectivity index (χ4n) is 1.27. The summed E-state index contributed by atoms with van der Waals surface area (Å²) in [7, 11) is 0. The second kappa shape index (κ2) is 7.88. The summed E-state index contributed by atoms with van der Waals surface area (Å²) in [6.45, 7) is 7.33. The molecular weight excluding hydrogens is 228 g/mol. The first-order valence-corrected chi connectivity index (χ1v) is 6.26. The Labute approximate surface area is 110 Å². The van der Waals surface area contributed by atoms with Crippen molar-refractivity contribution in [1.29, 1.82) is 0 Å². The average Bonchev–Trinajstić information content (AvgIpc) is 2.28. The minimum Gasteiger partial charge on any atom is -0.478 e. The molecule has 0 heterocycles. The molecule has 0 aromatic rings. The van der Waals surface area contributed by atoms with Gasteiger partial charge in [-0.3, -0.25) is 0 Å². The van der Waals surface area contributed by atoms with Crippen molar-refractivity contribution in [2.75, 3.05) is 0 Å². The Hall–Kier alpha value is -1.35. The molecule has 0 saturated heterocycles. The Morgan fingerprint density at radius 3 is 2.44 bits per heavy atom. The van der Waals surface area contributed by atoms with Crippen molar-refractivity contribution >= 4 is 5.97 Å². The van der Waals surface area contributed by atoms with Gasteiger partial charge in [-0.1, -0.05) is 36.8 Å². The number of rotatable bonds is 7. The maximum absolute atomic E-state index is 10.5. The summed E-state index contributed by atoms with van der Waals surface area (Å²) >= 11 is 0. The maximum Gasteiger partial charge on any atom is 0.331 e. The van der Waals surface area contributed by atoms with E-state index in [1.807, 2.05) is 32.9 Å². The van der Waals surface area contributed by atoms with Gasteiger partial charge in [0.1, 0.15) is 0 Å². The van der Waals surface area contributed by atoms with Gasteiger partial charge in [-0.05, 0) is 40.0 Å². The number of aliphatic carboxylic acids is 1. The summed E-state index contributed by atoms with van der Waals surface area (Å²) in [6.07, 6.45) is 9.51. The molecule has 3 nitrogen and oxygen atoms in total. The molecule has 0 aliphatic rings. The second-order valence-corrected chi connectivity index (χ2v) is 4.85. The van der Waals surface area contributed by atoms with Gasteiger partial charge in [0, 0.05) is 5.57 Å². The van der Waals surface area contributed by atoms with E-state index in [1.54, 1.807) is 19.1 Å². The lowest BCUT2D eigenvalue weighted by molar-refractivity contribution is -0.132. The highest BCUT2D eigenvalue weighted by Gasteiger charge is 2.15. The quantitative estimate of drug-likeness (QED) is 0.539. The molecule has 0 aliphatic heterocycles. The van der Waals surface area contributed by atoms with Gasteiger partial charge in [0.2, 0.25) is 0 Å². The van der Waals surface area contributed by atoms with Gasteiger partial charge in [0.15, 0.2) is 0 Å². The maximum atomic E-state index is 10.5. The van der Waals surface area contributed by atoms with Gasteiger partial charge in [-0.2, -0.15) is 0 Å². The van der Waals surface area contributed by atoms with Gasteiger partial charge in [0.25, 0.3) is 0 Å². The van der Waals surface area contributed by atoms with Crippen molar-refractivity contribution in [3.8, 4) is 0 Å². The number of hydrogen-bond donors (Lipinski definition) is 2. The van der Waals surface area contributed by atoms with Crippen LogP contribution in [0.1, 0.15) is 47.0 Å². The zero-order chi connectivity index (χ0) is 14.2. The Balaban J connectivity index is 4.25. The van der Waals surface area contributed by atoms with Crippen LogP contribution in [0.4, 0.5) is 0 Å². The lowest BCUT2D eigenvalue weighted by atomic mass is 9.96. The number of carboxylic acid groups (broad SMARTS) is 1. The standard InChI is InChI=1S/C15H24O3/c1-5-15(4,18)11-7-9-12(2)8-6-10-13(3)14(16)17/h6,8-10,18H,5,7,11H2,1-4H3,(H,16,17)/b8-6?,12-9+,13-10+/t15-/m0/s1. The zero-order valence-electron chi connectivity index (χ0n) is 11.7. The summed E-state index contributed by atoms with van der Waals surface area (Å²) in [4.78, 5) is 10.5. The van der Waals surface area contributed by atoms with E-state index in [9.17, 15) is 9.90 Å². The van der Waals surface area contributed by atoms with Crippen molar-refractivity contribution in [3.05, 3.63) is 35.5 Å². The van der Waals surface area contributed by atoms with Crippen LogP contribution in [0, 0.1) is 0 Å². The molecule has 0 unspecified atom stereocenters. The van der Waals surface area contributed by atoms with Crippen LogP contribution in [0.5, 0.6) is 0 Å². The predicted molar refractivity (Wildman–Crippen MR) is 74.4 cm³/mol. The van der Waals surface area contributed by atoms with Gasteiger partial charge in [0.05, 0.1) is 5.60 Å². The van der Waals surface area contributed by atoms with E-state index in [1.165, 1.54) is 0 Å². The Morgan fingerprint density at radius 2 is 1.94 bits per heavy atom. The third-order valence-corrected chi connectivity index (χ3v) is 2.95. The summed E-state index contributed by atoms with van der Waals surface area (Å²) in [5.41, 5.74) is 0.782. The molecule has 18 heavy (non-hydrogen) atoms. The third-order valence-electron chi connectivity index (χ3n) is 2.95. The molecule has 102 valence electrons. The monoisotopic (exact) mass is 252 g/mol. The lowest BCUT2D eigenvalue weighted by Crippen LogP contribution is -2.21. The zero-order valence-corrected chi connectivity index (χ0v) is 11.7. The molecule has 0 radical (unpaired) electrons. The molecule has 0 spiro atoms. The molecule has 0 bridgehead atoms. The molecule has 0 saturated carbocycles. The predicted octanol–water partition coefficient (Wildman–Crippen LogP) is 3.46. The number of allylic oxidation sites excluding steroid dienone is 5. The van der Waals surface area contributed by atoms with E-state index in [4.69, 9.17) is 5.11 Å². The van der Waals surface area contributed by atoms with Crippen LogP contribution in [-0.4, -0.2) is 21.8 Å². The van der Waals surface area contributed by atoms with Gasteiger partial charge >= 0.3 is 5.97 Å². The largest absolute Gasteiger partial charge is 0.478 e. The normalized spacial score (nSPS) is 16.9. The number of hydrogen-bond acceptors (Lipinski definition) is 2. The van der Waals surface area contributed by atoms with Crippen LogP contribution < -0.4 is 0 Å². The van der Waals surface area contributed by atoms with E-state index < -0.39 is 11.6 Å². The van der Waals surface area contributed by atoms with Crippen LogP contribution in [0.3, 0.4) is 0 Å². The van der Waals surface area contributed by atoms with Gasteiger partial charge in [-0.15, -0.1) is 0 Å². The highest BCUT2D eigenvalue weighted by Crippen LogP contribution is 2.16. The van der Waals surface area contributed by atoms with E-state index in [2.05, 4.69) is 0 Å². The summed E-state index contributed by atoms with van der Waals surface area (Å²) in [6, 6.07) is 0. The number of aliphatic hydroxyl groups is 1. The van der Waals surface area contributed by atoms with Crippen LogP contribution in [0.2, 0.25) is 0 Å². The van der Waals surface area contributed by atoms with Crippen molar-refractivity contribution in [1.82, 2.24) is 0 Å². The van der Waals surface area contributed by atoms with Crippen molar-refractivity contribution in [2.24, 2.45) is 0 Å². The van der Waals surface area contributed by atoms with Gasteiger partial charge < -0.3 is 10.2 Å². The lowest BCUT2D eigenvalue weighted by Gasteiger charge is -2.19. The molecule has 0 aromatic carbocycles. The third kappa shape index (κ3) is 7.85. The van der Waals surface area contributed by atoms with Crippen LogP contribution >= 0.6 is 0 Å². The van der Waals surface area contributed by atoms with Crippen LogP contribution in [-0.2, 0) is 4.79 Å². The van der Waals surface area contributed by atoms with E-state index in [0.717, 1.165) is 24.8 Å². The molecule has 0 fully saturated rings. The van der Waals surface area contributed by atoms with Crippen LogP contribution in [0.15, 0.2) is 35.5 Å². The van der Waals surface area contributed by atoms with Gasteiger partial charge in [-0.25, -0.2) is 4.79 Å². The summed E-state index contributed by atoms with van der Waals surface area (Å²) < 4.78 is 0.